The molecule has 0 fully saturated rings. The van der Waals surface area contributed by atoms with E-state index >= 15 is 0 Å². The van der Waals surface area contributed by atoms with Gasteiger partial charge in [0.05, 0.1) is 12.1 Å². The number of ether oxygens (including phenoxy) is 1. The zero-order valence-corrected chi connectivity index (χ0v) is 15.6. The van der Waals surface area contributed by atoms with Gasteiger partial charge in [-0.15, -0.1) is 13.2 Å². The van der Waals surface area contributed by atoms with E-state index in [1.807, 2.05) is 0 Å². The number of carbonyl (C=O) groups excluding carboxylic acids is 2. The van der Waals surface area contributed by atoms with Crippen LogP contribution in [0.5, 0.6) is 5.75 Å². The van der Waals surface area contributed by atoms with E-state index in [9.17, 15) is 31.5 Å². The van der Waals surface area contributed by atoms with Crippen molar-refractivity contribution in [1.82, 2.24) is 9.88 Å². The van der Waals surface area contributed by atoms with E-state index in [1.165, 1.54) is 37.5 Å². The lowest BCUT2D eigenvalue weighted by Crippen LogP contribution is -2.35. The molecular weight excluding hydrogens is 421 g/mol. The lowest BCUT2D eigenvalue weighted by Gasteiger charge is -2.18. The van der Waals surface area contributed by atoms with Crippen molar-refractivity contribution in [3.8, 4) is 5.75 Å². The lowest BCUT2D eigenvalue weighted by atomic mass is 10.2. The third-order valence-corrected chi connectivity index (χ3v) is 4.03. The molecule has 0 aliphatic heterocycles. The van der Waals surface area contributed by atoms with Crippen LogP contribution in [0, 0.1) is 0 Å². The molecule has 1 aromatic carbocycles. The molecule has 0 radical (unpaired) electrons. The summed E-state index contributed by atoms with van der Waals surface area (Å²) in [5.74, 6) is -4.56. The summed E-state index contributed by atoms with van der Waals surface area (Å²) in [6, 6.07) is 7.14. The molecule has 29 heavy (non-hydrogen) atoms. The molecule has 0 saturated heterocycles. The fourth-order valence-electron chi connectivity index (χ4n) is 2.17. The van der Waals surface area contributed by atoms with Crippen molar-refractivity contribution in [3.63, 3.8) is 0 Å². The summed E-state index contributed by atoms with van der Waals surface area (Å²) in [7, 11) is 1.30. The van der Waals surface area contributed by atoms with Crippen molar-refractivity contribution in [2.24, 2.45) is 0 Å². The van der Waals surface area contributed by atoms with Crippen LogP contribution in [0.15, 0.2) is 47.6 Å². The first-order valence-corrected chi connectivity index (χ1v) is 8.74. The molecule has 6 nitrogen and oxygen atoms in total. The van der Waals surface area contributed by atoms with Crippen molar-refractivity contribution in [3.05, 3.63) is 48.2 Å². The van der Waals surface area contributed by atoms with Gasteiger partial charge in [0.2, 0.25) is 5.91 Å². The Morgan fingerprint density at radius 2 is 1.86 bits per heavy atom. The third kappa shape index (κ3) is 7.22. The highest BCUT2D eigenvalue weighted by atomic mass is 32.2. The molecule has 2 aromatic rings. The normalized spacial score (nSPS) is 11.3. The van der Waals surface area contributed by atoms with Crippen LogP contribution in [0.1, 0.15) is 10.4 Å². The second-order valence-corrected chi connectivity index (χ2v) is 6.49. The summed E-state index contributed by atoms with van der Waals surface area (Å²) in [6.45, 7) is -0.423. The minimum atomic E-state index is -4.83. The van der Waals surface area contributed by atoms with Crippen molar-refractivity contribution in [2.75, 3.05) is 18.9 Å². The van der Waals surface area contributed by atoms with Gasteiger partial charge in [-0.2, -0.15) is 8.78 Å². The first-order valence-electron chi connectivity index (χ1n) is 7.86. The number of aromatic nitrogens is 1. The van der Waals surface area contributed by atoms with Gasteiger partial charge < -0.3 is 15.0 Å². The number of anilines is 1. The second kappa shape index (κ2) is 9.54. The topological polar surface area (TPSA) is 71.5 Å². The maximum Gasteiger partial charge on any atom is 0.573 e. The van der Waals surface area contributed by atoms with E-state index in [4.69, 9.17) is 0 Å². The molecule has 0 atom stereocenters. The number of nitrogens with zero attached hydrogens (tertiary/aromatic N) is 2. The zero-order chi connectivity index (χ0) is 21.6. The van der Waals surface area contributed by atoms with Crippen molar-refractivity contribution >= 4 is 29.3 Å². The van der Waals surface area contributed by atoms with E-state index in [-0.39, 0.29) is 28.0 Å². The molecule has 156 valence electrons. The Hall–Kier alpha value is -2.89. The number of alkyl halides is 5. The number of rotatable bonds is 7. The number of nitrogens with one attached hydrogen (secondary N) is 1. The Kier molecular flexibility index (Phi) is 7.37. The highest BCUT2D eigenvalue weighted by Gasteiger charge is 2.31. The minimum Gasteiger partial charge on any atom is -0.406 e. The number of pyridine rings is 1. The predicted octanol–water partition coefficient (Wildman–Crippen LogP) is 4.01. The SMILES string of the molecule is CN(CC(=O)Nc1ccc(OC(F)(F)F)cc1)C(=O)c1cccnc1SC(F)F. The average molecular weight is 435 g/mol. The van der Waals surface area contributed by atoms with Crippen LogP contribution in [-0.4, -0.2) is 47.4 Å². The van der Waals surface area contributed by atoms with Gasteiger partial charge in [0, 0.05) is 18.9 Å². The van der Waals surface area contributed by atoms with Crippen LogP contribution < -0.4 is 10.1 Å². The fraction of sp³-hybridized carbons (Fsp3) is 0.235. The highest BCUT2D eigenvalue weighted by Crippen LogP contribution is 2.27. The number of hydrogen-bond acceptors (Lipinski definition) is 5. The number of halogens is 5. The van der Waals surface area contributed by atoms with Crippen LogP contribution in [0.25, 0.3) is 0 Å². The summed E-state index contributed by atoms with van der Waals surface area (Å²) in [5, 5.41) is 2.24. The molecule has 0 saturated carbocycles. The number of carbonyl (C=O) groups is 2. The van der Waals surface area contributed by atoms with Gasteiger partial charge in [-0.3, -0.25) is 9.59 Å². The Morgan fingerprint density at radius 1 is 1.21 bits per heavy atom. The van der Waals surface area contributed by atoms with Crippen LogP contribution >= 0.6 is 11.8 Å². The molecule has 0 aliphatic rings. The van der Waals surface area contributed by atoms with Gasteiger partial charge in [0.15, 0.2) is 0 Å². The van der Waals surface area contributed by atoms with E-state index in [0.29, 0.717) is 0 Å². The maximum atomic E-state index is 12.6. The largest absolute Gasteiger partial charge is 0.573 e. The lowest BCUT2D eigenvalue weighted by molar-refractivity contribution is -0.274. The zero-order valence-electron chi connectivity index (χ0n) is 14.7. The standard InChI is InChI=1S/C17H14F5N3O3S/c1-25(15(27)12-3-2-8-23-14(12)29-16(18)19)9-13(26)24-10-4-6-11(7-5-10)28-17(20,21)22/h2-8,16H,9H2,1H3,(H,24,26). The Bertz CT molecular complexity index is 862. The van der Waals surface area contributed by atoms with Crippen LogP contribution in [0.2, 0.25) is 0 Å². The number of hydrogen-bond donors (Lipinski definition) is 1. The van der Waals surface area contributed by atoms with E-state index < -0.39 is 36.2 Å². The molecule has 1 heterocycles. The molecule has 2 rings (SSSR count). The highest BCUT2D eigenvalue weighted by molar-refractivity contribution is 7.99. The van der Waals surface area contributed by atoms with E-state index in [1.54, 1.807) is 0 Å². The molecule has 0 unspecified atom stereocenters. The quantitative estimate of drug-likeness (QED) is 0.526. The first kappa shape index (κ1) is 22.4. The fourth-order valence-corrected chi connectivity index (χ4v) is 2.74. The molecular formula is C17H14F5N3O3S. The second-order valence-electron chi connectivity index (χ2n) is 5.52. The molecule has 1 N–H and O–H groups in total. The van der Waals surface area contributed by atoms with E-state index in [0.717, 1.165) is 17.0 Å². The molecule has 1 aromatic heterocycles. The molecule has 0 aliphatic carbocycles. The number of amides is 2. The number of benzene rings is 1. The molecule has 0 spiro atoms. The monoisotopic (exact) mass is 435 g/mol. The van der Waals surface area contributed by atoms with Gasteiger partial charge in [-0.1, -0.05) is 0 Å². The summed E-state index contributed by atoms with van der Waals surface area (Å²) in [6.07, 6.45) is -3.57. The van der Waals surface area contributed by atoms with Crippen molar-refractivity contribution in [2.45, 2.75) is 17.1 Å². The predicted molar refractivity (Wildman–Crippen MR) is 94.8 cm³/mol. The third-order valence-electron chi connectivity index (χ3n) is 3.30. The maximum absolute atomic E-state index is 12.6. The van der Waals surface area contributed by atoms with Crippen molar-refractivity contribution in [1.29, 1.82) is 0 Å². The molecule has 12 heteroatoms. The van der Waals surface area contributed by atoms with Gasteiger partial charge >= 0.3 is 6.36 Å². The Morgan fingerprint density at radius 3 is 2.45 bits per heavy atom. The van der Waals surface area contributed by atoms with Crippen LogP contribution in [0.3, 0.4) is 0 Å². The smallest absolute Gasteiger partial charge is 0.406 e. The minimum absolute atomic E-state index is 0.0817. The van der Waals surface area contributed by atoms with Crippen LogP contribution in [0.4, 0.5) is 27.6 Å². The summed E-state index contributed by atoms with van der Waals surface area (Å²) in [5.41, 5.74) is 0.0995. The average Bonchev–Trinajstić information content (AvgIpc) is 2.61. The number of thioether (sulfide) groups is 1. The summed E-state index contributed by atoms with van der Waals surface area (Å²) >= 11 is 0.113. The van der Waals surface area contributed by atoms with Crippen molar-refractivity contribution < 1.29 is 36.3 Å². The Balaban J connectivity index is 1.98. The molecule has 0 bridgehead atoms. The Labute approximate surface area is 166 Å². The van der Waals surface area contributed by atoms with Crippen LogP contribution in [-0.2, 0) is 4.79 Å². The van der Waals surface area contributed by atoms with Gasteiger partial charge in [0.1, 0.15) is 10.8 Å². The summed E-state index contributed by atoms with van der Waals surface area (Å²) in [4.78, 5) is 29.3. The number of likely N-dealkylation sites (N-methyl/N-ethyl adjacent to an activating group) is 1. The van der Waals surface area contributed by atoms with Gasteiger partial charge in [0.25, 0.3) is 11.7 Å². The van der Waals surface area contributed by atoms with Gasteiger partial charge in [-0.25, -0.2) is 4.98 Å². The first-order chi connectivity index (χ1) is 13.5. The van der Waals surface area contributed by atoms with E-state index in [2.05, 4.69) is 15.0 Å². The van der Waals surface area contributed by atoms with Gasteiger partial charge in [-0.05, 0) is 48.2 Å². The molecule has 2 amide bonds. The summed E-state index contributed by atoms with van der Waals surface area (Å²) < 4.78 is 65.3.